The van der Waals surface area contributed by atoms with Gasteiger partial charge in [-0.2, -0.15) is 4.99 Å². The van der Waals surface area contributed by atoms with E-state index in [0.717, 1.165) is 11.1 Å². The molecule has 3 aromatic rings. The van der Waals surface area contributed by atoms with Gasteiger partial charge in [0.25, 0.3) is 11.6 Å². The van der Waals surface area contributed by atoms with E-state index in [1.165, 1.54) is 30.2 Å². The highest BCUT2D eigenvalue weighted by Gasteiger charge is 2.42. The highest BCUT2D eigenvalue weighted by Crippen LogP contribution is 2.35. The van der Waals surface area contributed by atoms with Gasteiger partial charge in [0, 0.05) is 23.4 Å². The molecule has 0 bridgehead atoms. The highest BCUT2D eigenvalue weighted by molar-refractivity contribution is 8.13. The van der Waals surface area contributed by atoms with Gasteiger partial charge in [-0.25, -0.2) is 4.99 Å². The average Bonchev–Trinajstić information content (AvgIpc) is 3.50. The summed E-state index contributed by atoms with van der Waals surface area (Å²) in [6, 6.07) is 16.3. The number of benzene rings is 2. The smallest absolute Gasteiger partial charge is 0.271 e. The highest BCUT2D eigenvalue weighted by atomic mass is 32.2. The number of carbonyl (C=O) groups excluding carboxylic acids is 2. The maximum atomic E-state index is 12.9. The van der Waals surface area contributed by atoms with Crippen LogP contribution in [0.3, 0.4) is 0 Å². The second-order valence-corrected chi connectivity index (χ2v) is 8.79. The van der Waals surface area contributed by atoms with Crippen LogP contribution in [0.25, 0.3) is 0 Å². The first-order chi connectivity index (χ1) is 17.0. The molecule has 0 spiro atoms. The van der Waals surface area contributed by atoms with E-state index in [-0.39, 0.29) is 24.6 Å². The molecule has 1 aromatic heterocycles. The lowest BCUT2D eigenvalue weighted by Crippen LogP contribution is -2.45. The topological polar surface area (TPSA) is 130 Å². The van der Waals surface area contributed by atoms with Gasteiger partial charge in [0.05, 0.1) is 29.8 Å². The van der Waals surface area contributed by atoms with E-state index in [4.69, 9.17) is 9.41 Å². The SMILES string of the molecule is O=C(CC1C(=O)N=C2c3ccccc3N=C(SCc3ccc([N+](=O)[O-])cc3)N21)NCc1ccco1. The maximum Gasteiger partial charge on any atom is 0.271 e. The Kier molecular flexibility index (Phi) is 6.15. The summed E-state index contributed by atoms with van der Waals surface area (Å²) < 4.78 is 5.24. The fraction of sp³-hybridized carbons (Fsp3) is 0.167. The zero-order chi connectivity index (χ0) is 24.4. The molecule has 176 valence electrons. The number of nitro groups is 1. The lowest BCUT2D eigenvalue weighted by molar-refractivity contribution is -0.384. The number of non-ortho nitro benzene ring substituents is 1. The summed E-state index contributed by atoms with van der Waals surface area (Å²) in [6.07, 6.45) is 1.43. The molecule has 0 fully saturated rings. The van der Waals surface area contributed by atoms with Crippen LogP contribution in [0, 0.1) is 10.1 Å². The Balaban J connectivity index is 1.36. The summed E-state index contributed by atoms with van der Waals surface area (Å²) in [7, 11) is 0. The summed E-state index contributed by atoms with van der Waals surface area (Å²) in [5, 5.41) is 14.2. The average molecular weight is 490 g/mol. The Morgan fingerprint density at radius 1 is 1.11 bits per heavy atom. The van der Waals surface area contributed by atoms with E-state index in [1.807, 2.05) is 24.3 Å². The number of carbonyl (C=O) groups is 2. The molecule has 10 nitrogen and oxygen atoms in total. The molecule has 0 aliphatic carbocycles. The number of thioether (sulfide) groups is 1. The quantitative estimate of drug-likeness (QED) is 0.395. The Labute approximate surface area is 203 Å². The number of furan rings is 1. The summed E-state index contributed by atoms with van der Waals surface area (Å²) in [5.74, 6) is 0.828. The lowest BCUT2D eigenvalue weighted by Gasteiger charge is -2.30. The van der Waals surface area contributed by atoms with Crippen molar-refractivity contribution in [3.05, 3.63) is 93.9 Å². The first kappa shape index (κ1) is 22.5. The van der Waals surface area contributed by atoms with E-state index in [2.05, 4.69) is 10.3 Å². The second kappa shape index (κ2) is 9.55. The first-order valence-electron chi connectivity index (χ1n) is 10.7. The molecular formula is C24H19N5O5S. The molecule has 1 N–H and O–H groups in total. The molecule has 1 unspecified atom stereocenters. The van der Waals surface area contributed by atoms with Crippen molar-refractivity contribution >= 4 is 46.0 Å². The lowest BCUT2D eigenvalue weighted by atomic mass is 10.1. The number of amidine groups is 2. The van der Waals surface area contributed by atoms with Gasteiger partial charge in [0.1, 0.15) is 17.6 Å². The Hall–Kier alpha value is -4.25. The van der Waals surface area contributed by atoms with Crippen molar-refractivity contribution in [3.63, 3.8) is 0 Å². The van der Waals surface area contributed by atoms with Crippen LogP contribution in [-0.4, -0.2) is 38.7 Å². The number of hydrogen-bond acceptors (Lipinski definition) is 8. The number of para-hydroxylation sites is 1. The van der Waals surface area contributed by atoms with Crippen molar-refractivity contribution in [1.82, 2.24) is 10.2 Å². The summed E-state index contributed by atoms with van der Waals surface area (Å²) >= 11 is 1.38. The van der Waals surface area contributed by atoms with E-state index in [0.29, 0.717) is 28.2 Å². The van der Waals surface area contributed by atoms with Crippen LogP contribution in [0.5, 0.6) is 0 Å². The molecular weight excluding hydrogens is 470 g/mol. The number of aliphatic imine (C=N–C) groups is 2. The number of fused-ring (bicyclic) bond motifs is 3. The molecule has 2 aliphatic rings. The van der Waals surface area contributed by atoms with Crippen molar-refractivity contribution in [2.24, 2.45) is 9.98 Å². The molecule has 2 aliphatic heterocycles. The van der Waals surface area contributed by atoms with Gasteiger partial charge >= 0.3 is 0 Å². The number of rotatable bonds is 7. The van der Waals surface area contributed by atoms with E-state index < -0.39 is 16.9 Å². The summed E-state index contributed by atoms with van der Waals surface area (Å²) in [6.45, 7) is 0.221. The fourth-order valence-electron chi connectivity index (χ4n) is 3.81. The molecule has 3 heterocycles. The van der Waals surface area contributed by atoms with Gasteiger partial charge in [-0.1, -0.05) is 36.0 Å². The molecule has 5 rings (SSSR count). The van der Waals surface area contributed by atoms with Gasteiger partial charge < -0.3 is 9.73 Å². The molecule has 1 atom stereocenters. The van der Waals surface area contributed by atoms with Crippen molar-refractivity contribution in [2.45, 2.75) is 24.8 Å². The second-order valence-electron chi connectivity index (χ2n) is 7.84. The molecule has 2 amide bonds. The third kappa shape index (κ3) is 4.71. The Morgan fingerprint density at radius 3 is 2.66 bits per heavy atom. The van der Waals surface area contributed by atoms with Crippen LogP contribution in [0.15, 0.2) is 81.3 Å². The number of nitro benzene ring substituents is 1. The van der Waals surface area contributed by atoms with Crippen LogP contribution in [0.1, 0.15) is 23.3 Å². The van der Waals surface area contributed by atoms with Crippen LogP contribution in [0.2, 0.25) is 0 Å². The molecule has 0 saturated heterocycles. The Bertz CT molecular complexity index is 1350. The molecule has 0 saturated carbocycles. The summed E-state index contributed by atoms with van der Waals surface area (Å²) in [5.41, 5.74) is 2.28. The number of amides is 2. The molecule has 2 aromatic carbocycles. The first-order valence-corrected chi connectivity index (χ1v) is 11.7. The molecule has 11 heteroatoms. The minimum atomic E-state index is -0.821. The Morgan fingerprint density at radius 2 is 1.91 bits per heavy atom. The normalized spacial score (nSPS) is 16.3. The van der Waals surface area contributed by atoms with Gasteiger partial charge in [-0.3, -0.25) is 24.6 Å². The monoisotopic (exact) mass is 489 g/mol. The summed E-state index contributed by atoms with van der Waals surface area (Å²) in [4.78, 5) is 46.7. The van der Waals surface area contributed by atoms with E-state index in [1.54, 1.807) is 29.2 Å². The predicted octanol–water partition coefficient (Wildman–Crippen LogP) is 3.79. The van der Waals surface area contributed by atoms with Crippen LogP contribution >= 0.6 is 11.8 Å². The van der Waals surface area contributed by atoms with Gasteiger partial charge in [-0.05, 0) is 29.8 Å². The van der Waals surface area contributed by atoms with Crippen molar-refractivity contribution in [1.29, 1.82) is 0 Å². The molecule has 35 heavy (non-hydrogen) atoms. The van der Waals surface area contributed by atoms with E-state index in [9.17, 15) is 19.7 Å². The van der Waals surface area contributed by atoms with Crippen molar-refractivity contribution in [3.8, 4) is 0 Å². The zero-order valence-electron chi connectivity index (χ0n) is 18.3. The van der Waals surface area contributed by atoms with Crippen molar-refractivity contribution in [2.75, 3.05) is 0 Å². The van der Waals surface area contributed by atoms with Gasteiger partial charge in [-0.15, -0.1) is 0 Å². The van der Waals surface area contributed by atoms with Crippen LogP contribution < -0.4 is 5.32 Å². The van der Waals surface area contributed by atoms with Gasteiger partial charge in [0.15, 0.2) is 5.17 Å². The third-order valence-corrected chi connectivity index (χ3v) is 6.57. The maximum absolute atomic E-state index is 12.9. The third-order valence-electron chi connectivity index (χ3n) is 5.54. The number of nitrogens with zero attached hydrogens (tertiary/aromatic N) is 4. The fourth-order valence-corrected chi connectivity index (χ4v) is 4.81. The van der Waals surface area contributed by atoms with E-state index >= 15 is 0 Å². The minimum absolute atomic E-state index is 0.0165. The number of hydrogen-bond donors (Lipinski definition) is 1. The van der Waals surface area contributed by atoms with Crippen LogP contribution in [0.4, 0.5) is 11.4 Å². The van der Waals surface area contributed by atoms with Crippen molar-refractivity contribution < 1.29 is 18.9 Å². The standard InChI is InChI=1S/C24H19N5O5S/c30-21(25-13-17-4-3-11-34-17)12-20-23(31)27-22-18-5-1-2-6-19(18)26-24(28(20)22)35-14-15-7-9-16(10-8-15)29(32)33/h1-11,20H,12-14H2,(H,25,30). The largest absolute Gasteiger partial charge is 0.467 e. The van der Waals surface area contributed by atoms with Gasteiger partial charge in [0.2, 0.25) is 5.91 Å². The predicted molar refractivity (Wildman–Crippen MR) is 130 cm³/mol. The minimum Gasteiger partial charge on any atom is -0.467 e. The van der Waals surface area contributed by atoms with Crippen LogP contribution in [-0.2, 0) is 21.9 Å². The zero-order valence-corrected chi connectivity index (χ0v) is 19.1. The number of nitrogens with one attached hydrogen (secondary N) is 1. The molecule has 0 radical (unpaired) electrons.